The lowest BCUT2D eigenvalue weighted by molar-refractivity contribution is 0.442. The first kappa shape index (κ1) is 15.8. The highest BCUT2D eigenvalue weighted by molar-refractivity contribution is 6.23. The first-order valence-electron chi connectivity index (χ1n) is 6.23. The van der Waals surface area contributed by atoms with Crippen molar-refractivity contribution < 1.29 is 0 Å². The van der Waals surface area contributed by atoms with Crippen molar-refractivity contribution in [1.82, 2.24) is 0 Å². The molecule has 0 saturated heterocycles. The Morgan fingerprint density at radius 3 is 2.12 bits per heavy atom. The Hall–Kier alpha value is -0.230. The van der Waals surface area contributed by atoms with E-state index in [2.05, 4.69) is 40.9 Å². The number of alkyl halides is 1. The van der Waals surface area contributed by atoms with E-state index in [4.69, 9.17) is 11.6 Å². The summed E-state index contributed by atoms with van der Waals surface area (Å²) in [6.45, 7) is 16.5. The van der Waals surface area contributed by atoms with Gasteiger partial charge in [-0.05, 0) is 58.8 Å². The maximum absolute atomic E-state index is 6.28. The van der Waals surface area contributed by atoms with E-state index < -0.39 is 0 Å². The second-order valence-corrected chi connectivity index (χ2v) is 6.56. The average Bonchev–Trinajstić information content (AvgIpc) is 2.10. The van der Waals surface area contributed by atoms with Gasteiger partial charge in [0.25, 0.3) is 0 Å². The zero-order valence-electron chi connectivity index (χ0n) is 11.4. The zero-order chi connectivity index (χ0) is 12.8. The molecule has 1 atom stereocenters. The molecule has 1 heteroatoms. The number of hydrogen-bond donors (Lipinski definition) is 0. The van der Waals surface area contributed by atoms with Gasteiger partial charge in [0.15, 0.2) is 0 Å². The second kappa shape index (κ2) is 7.17. The Balaban J connectivity index is 3.71. The molecule has 16 heavy (non-hydrogen) atoms. The average molecular weight is 243 g/mol. The van der Waals surface area contributed by atoms with E-state index in [1.165, 1.54) is 24.0 Å². The third-order valence-electron chi connectivity index (χ3n) is 3.15. The van der Waals surface area contributed by atoms with Gasteiger partial charge in [0.05, 0.1) is 0 Å². The smallest absolute Gasteiger partial charge is 0.0419 e. The predicted octanol–water partition coefficient (Wildman–Crippen LogP) is 5.72. The number of rotatable bonds is 8. The van der Waals surface area contributed by atoms with Gasteiger partial charge < -0.3 is 0 Å². The van der Waals surface area contributed by atoms with Gasteiger partial charge in [-0.1, -0.05) is 24.6 Å². The highest BCUT2D eigenvalue weighted by atomic mass is 35.5. The summed E-state index contributed by atoms with van der Waals surface area (Å²) in [7, 11) is 0. The van der Waals surface area contributed by atoms with Crippen molar-refractivity contribution in [3.63, 3.8) is 0 Å². The fourth-order valence-corrected chi connectivity index (χ4v) is 1.66. The standard InChI is InChI=1S/C15H27Cl/c1-12(2)9-7-8-10-13(3)11-14(4)15(5,6)16/h14H,1,3,7-11H2,2,4-6H3. The van der Waals surface area contributed by atoms with Crippen molar-refractivity contribution in [1.29, 1.82) is 0 Å². The minimum absolute atomic E-state index is 0.124. The maximum atomic E-state index is 6.28. The number of hydrogen-bond acceptors (Lipinski definition) is 0. The van der Waals surface area contributed by atoms with Gasteiger partial charge in [-0.15, -0.1) is 18.2 Å². The Morgan fingerprint density at radius 2 is 1.69 bits per heavy atom. The van der Waals surface area contributed by atoms with Crippen LogP contribution < -0.4 is 0 Å². The molecule has 94 valence electrons. The normalized spacial score (nSPS) is 13.6. The largest absolute Gasteiger partial charge is 0.120 e. The Morgan fingerprint density at radius 1 is 1.19 bits per heavy atom. The van der Waals surface area contributed by atoms with Crippen molar-refractivity contribution in [2.75, 3.05) is 0 Å². The minimum Gasteiger partial charge on any atom is -0.120 e. The monoisotopic (exact) mass is 242 g/mol. The molecule has 0 heterocycles. The molecule has 0 aliphatic heterocycles. The van der Waals surface area contributed by atoms with E-state index in [1.54, 1.807) is 0 Å². The van der Waals surface area contributed by atoms with Crippen molar-refractivity contribution in [2.24, 2.45) is 5.92 Å². The topological polar surface area (TPSA) is 0 Å². The van der Waals surface area contributed by atoms with E-state index in [0.717, 1.165) is 19.3 Å². The molecule has 0 amide bonds. The summed E-state index contributed by atoms with van der Waals surface area (Å²) in [6, 6.07) is 0. The molecule has 0 aromatic rings. The lowest BCUT2D eigenvalue weighted by Gasteiger charge is -2.25. The van der Waals surface area contributed by atoms with Crippen molar-refractivity contribution in [3.8, 4) is 0 Å². The van der Waals surface area contributed by atoms with Gasteiger partial charge in [-0.2, -0.15) is 0 Å². The van der Waals surface area contributed by atoms with Crippen LogP contribution in [0.3, 0.4) is 0 Å². The highest BCUT2D eigenvalue weighted by Crippen LogP contribution is 2.30. The van der Waals surface area contributed by atoms with Crippen LogP contribution in [-0.2, 0) is 0 Å². The van der Waals surface area contributed by atoms with Crippen LogP contribution in [0.25, 0.3) is 0 Å². The lowest BCUT2D eigenvalue weighted by atomic mass is 9.89. The van der Waals surface area contributed by atoms with Crippen molar-refractivity contribution in [2.45, 2.75) is 64.7 Å². The summed E-state index contributed by atoms with van der Waals surface area (Å²) in [5, 5.41) is 0. The molecule has 0 saturated carbocycles. The predicted molar refractivity (Wildman–Crippen MR) is 76.1 cm³/mol. The number of allylic oxidation sites excluding steroid dienone is 2. The van der Waals surface area contributed by atoms with Crippen LogP contribution in [0.5, 0.6) is 0 Å². The second-order valence-electron chi connectivity index (χ2n) is 5.58. The number of halogens is 1. The lowest BCUT2D eigenvalue weighted by Crippen LogP contribution is -2.22. The Bertz CT molecular complexity index is 232. The van der Waals surface area contributed by atoms with Gasteiger partial charge in [0, 0.05) is 4.87 Å². The van der Waals surface area contributed by atoms with Crippen LogP contribution in [0, 0.1) is 5.92 Å². The molecule has 0 aliphatic rings. The molecule has 0 aromatic heterocycles. The molecule has 1 unspecified atom stereocenters. The zero-order valence-corrected chi connectivity index (χ0v) is 12.2. The molecule has 0 bridgehead atoms. The molecular formula is C15H27Cl. The van der Waals surface area contributed by atoms with Gasteiger partial charge in [0.2, 0.25) is 0 Å². The summed E-state index contributed by atoms with van der Waals surface area (Å²) in [5.41, 5.74) is 2.61. The van der Waals surface area contributed by atoms with E-state index in [1.807, 2.05) is 0 Å². The van der Waals surface area contributed by atoms with Crippen molar-refractivity contribution >= 4 is 11.6 Å². The van der Waals surface area contributed by atoms with Gasteiger partial charge in [-0.25, -0.2) is 0 Å². The van der Waals surface area contributed by atoms with Crippen LogP contribution in [0.4, 0.5) is 0 Å². The summed E-state index contributed by atoms with van der Waals surface area (Å²) >= 11 is 6.28. The molecule has 0 aliphatic carbocycles. The van der Waals surface area contributed by atoms with Crippen molar-refractivity contribution in [3.05, 3.63) is 24.3 Å². The molecule has 0 rings (SSSR count). The third-order valence-corrected chi connectivity index (χ3v) is 3.52. The van der Waals surface area contributed by atoms with E-state index in [9.17, 15) is 0 Å². The van der Waals surface area contributed by atoms with Crippen LogP contribution in [-0.4, -0.2) is 4.87 Å². The summed E-state index contributed by atoms with van der Waals surface area (Å²) < 4.78 is 0. The summed E-state index contributed by atoms with van der Waals surface area (Å²) in [5.74, 6) is 0.489. The first-order valence-corrected chi connectivity index (χ1v) is 6.61. The van der Waals surface area contributed by atoms with Crippen LogP contribution in [0.15, 0.2) is 24.3 Å². The summed E-state index contributed by atoms with van der Waals surface area (Å²) in [4.78, 5) is -0.124. The quantitative estimate of drug-likeness (QED) is 0.290. The third kappa shape index (κ3) is 7.98. The minimum atomic E-state index is -0.124. The van der Waals surface area contributed by atoms with Crippen LogP contribution in [0.2, 0.25) is 0 Å². The molecule has 0 fully saturated rings. The Labute approximate surface area is 107 Å². The molecule has 0 nitrogen and oxygen atoms in total. The molecular weight excluding hydrogens is 216 g/mol. The molecule has 0 N–H and O–H groups in total. The van der Waals surface area contributed by atoms with Gasteiger partial charge in [0.1, 0.15) is 0 Å². The first-order chi connectivity index (χ1) is 7.23. The van der Waals surface area contributed by atoms with Gasteiger partial charge in [-0.3, -0.25) is 0 Å². The van der Waals surface area contributed by atoms with Crippen LogP contribution >= 0.6 is 11.6 Å². The highest BCUT2D eigenvalue weighted by Gasteiger charge is 2.22. The molecule has 0 spiro atoms. The Kier molecular flexibility index (Phi) is 7.06. The molecule has 0 radical (unpaired) electrons. The van der Waals surface area contributed by atoms with E-state index in [-0.39, 0.29) is 4.87 Å². The number of unbranched alkanes of at least 4 members (excludes halogenated alkanes) is 1. The maximum Gasteiger partial charge on any atom is 0.0419 e. The SMILES string of the molecule is C=C(C)CCCCC(=C)CC(C)C(C)(C)Cl. The van der Waals surface area contributed by atoms with E-state index >= 15 is 0 Å². The fourth-order valence-electron chi connectivity index (χ4n) is 1.58. The summed E-state index contributed by atoms with van der Waals surface area (Å²) in [6.07, 6.45) is 5.77. The fraction of sp³-hybridized carbons (Fsp3) is 0.733. The van der Waals surface area contributed by atoms with Gasteiger partial charge >= 0.3 is 0 Å². The van der Waals surface area contributed by atoms with Crippen LogP contribution in [0.1, 0.15) is 59.8 Å². The molecule has 0 aromatic carbocycles. The van der Waals surface area contributed by atoms with E-state index in [0.29, 0.717) is 5.92 Å².